The molecule has 1 aliphatic heterocycles. The highest BCUT2D eigenvalue weighted by atomic mass is 32.2. The zero-order valence-corrected chi connectivity index (χ0v) is 19.4. The SMILES string of the molecule is CC(C)c1ccc(S(=O)(=O)NCc2ccc3c(c2)N(C(=O)c2ccccc2)[C@@H](C)C3)cc1. The minimum atomic E-state index is -3.63. The van der Waals surface area contributed by atoms with Gasteiger partial charge >= 0.3 is 0 Å². The van der Waals surface area contributed by atoms with E-state index >= 15 is 0 Å². The fourth-order valence-electron chi connectivity index (χ4n) is 4.09. The number of sulfonamides is 1. The summed E-state index contributed by atoms with van der Waals surface area (Å²) < 4.78 is 28.2. The largest absolute Gasteiger partial charge is 0.305 e. The highest BCUT2D eigenvalue weighted by molar-refractivity contribution is 7.89. The van der Waals surface area contributed by atoms with E-state index in [1.54, 1.807) is 12.1 Å². The molecule has 0 aromatic heterocycles. The van der Waals surface area contributed by atoms with Crippen molar-refractivity contribution in [3.63, 3.8) is 0 Å². The smallest absolute Gasteiger partial charge is 0.258 e. The van der Waals surface area contributed by atoms with Crippen molar-refractivity contribution in [3.05, 3.63) is 95.1 Å². The summed E-state index contributed by atoms with van der Waals surface area (Å²) in [5, 5.41) is 0. The van der Waals surface area contributed by atoms with Crippen molar-refractivity contribution in [2.24, 2.45) is 0 Å². The van der Waals surface area contributed by atoms with Gasteiger partial charge in [0, 0.05) is 23.8 Å². The Bertz CT molecular complexity index is 1220. The first-order valence-electron chi connectivity index (χ1n) is 10.9. The molecule has 3 aromatic carbocycles. The number of rotatable bonds is 6. The van der Waals surface area contributed by atoms with Gasteiger partial charge in [0.25, 0.3) is 5.91 Å². The predicted octanol–water partition coefficient (Wildman–Crippen LogP) is 4.88. The van der Waals surface area contributed by atoms with Gasteiger partial charge in [-0.25, -0.2) is 13.1 Å². The van der Waals surface area contributed by atoms with Crippen molar-refractivity contribution in [3.8, 4) is 0 Å². The second-order valence-electron chi connectivity index (χ2n) is 8.61. The Kier molecular flexibility index (Phi) is 6.17. The Morgan fingerprint density at radius 2 is 1.72 bits per heavy atom. The van der Waals surface area contributed by atoms with Gasteiger partial charge in [-0.05, 0) is 66.3 Å². The molecule has 0 aliphatic carbocycles. The summed E-state index contributed by atoms with van der Waals surface area (Å²) in [4.78, 5) is 15.2. The van der Waals surface area contributed by atoms with E-state index in [0.717, 1.165) is 28.8 Å². The first-order valence-corrected chi connectivity index (χ1v) is 12.3. The molecule has 1 atom stereocenters. The topological polar surface area (TPSA) is 66.5 Å². The maximum atomic E-state index is 13.1. The van der Waals surface area contributed by atoms with Crippen LogP contribution in [0.4, 0.5) is 5.69 Å². The third kappa shape index (κ3) is 4.47. The van der Waals surface area contributed by atoms with Crippen LogP contribution >= 0.6 is 0 Å². The average molecular weight is 449 g/mol. The summed E-state index contributed by atoms with van der Waals surface area (Å²) >= 11 is 0. The number of amides is 1. The Balaban J connectivity index is 1.53. The van der Waals surface area contributed by atoms with E-state index in [4.69, 9.17) is 0 Å². The van der Waals surface area contributed by atoms with Crippen LogP contribution in [0.1, 0.15) is 53.7 Å². The minimum absolute atomic E-state index is 0.0418. The molecule has 4 rings (SSSR count). The van der Waals surface area contributed by atoms with Gasteiger partial charge < -0.3 is 4.90 Å². The van der Waals surface area contributed by atoms with Crippen LogP contribution in [-0.2, 0) is 23.0 Å². The van der Waals surface area contributed by atoms with Crippen LogP contribution in [0, 0.1) is 0 Å². The van der Waals surface area contributed by atoms with Crippen LogP contribution in [0.2, 0.25) is 0 Å². The maximum absolute atomic E-state index is 13.1. The molecule has 0 bridgehead atoms. The maximum Gasteiger partial charge on any atom is 0.258 e. The van der Waals surface area contributed by atoms with Crippen LogP contribution in [0.25, 0.3) is 0 Å². The number of carbonyl (C=O) groups is 1. The molecule has 0 saturated carbocycles. The minimum Gasteiger partial charge on any atom is -0.305 e. The molecular weight excluding hydrogens is 420 g/mol. The van der Waals surface area contributed by atoms with Gasteiger partial charge in [0.1, 0.15) is 0 Å². The number of hydrogen-bond acceptors (Lipinski definition) is 3. The summed E-state index contributed by atoms with van der Waals surface area (Å²) in [7, 11) is -3.63. The van der Waals surface area contributed by atoms with Gasteiger partial charge in [-0.15, -0.1) is 0 Å². The molecule has 1 heterocycles. The Morgan fingerprint density at radius 1 is 1.03 bits per heavy atom. The molecule has 1 N–H and O–H groups in total. The average Bonchev–Trinajstić information content (AvgIpc) is 3.12. The standard InChI is InChI=1S/C26H28N2O3S/c1-18(2)21-11-13-24(14-12-21)32(30,31)27-17-20-9-10-23-15-19(3)28(25(23)16-20)26(29)22-7-5-4-6-8-22/h4-14,16,18-19,27H,15,17H2,1-3H3/t19-/m0/s1. The number of nitrogens with zero attached hydrogens (tertiary/aromatic N) is 1. The number of carbonyl (C=O) groups excluding carboxylic acids is 1. The van der Waals surface area contributed by atoms with Gasteiger partial charge in [0.15, 0.2) is 0 Å². The molecule has 0 saturated heterocycles. The number of anilines is 1. The fraction of sp³-hybridized carbons (Fsp3) is 0.269. The van der Waals surface area contributed by atoms with Crippen molar-refractivity contribution in [1.29, 1.82) is 0 Å². The molecule has 1 amide bonds. The third-order valence-electron chi connectivity index (χ3n) is 5.93. The summed E-state index contributed by atoms with van der Waals surface area (Å²) in [5.41, 5.74) is 4.50. The summed E-state index contributed by atoms with van der Waals surface area (Å²) in [5.74, 6) is 0.301. The second-order valence-corrected chi connectivity index (χ2v) is 10.4. The van der Waals surface area contributed by atoms with E-state index in [1.165, 1.54) is 0 Å². The molecule has 0 fully saturated rings. The molecule has 0 radical (unpaired) electrons. The molecule has 0 spiro atoms. The lowest BCUT2D eigenvalue weighted by Gasteiger charge is -2.23. The quantitative estimate of drug-likeness (QED) is 0.584. The Morgan fingerprint density at radius 3 is 2.38 bits per heavy atom. The molecule has 6 heteroatoms. The van der Waals surface area contributed by atoms with Gasteiger partial charge in [-0.2, -0.15) is 0 Å². The second kappa shape index (κ2) is 8.88. The van der Waals surface area contributed by atoms with Crippen molar-refractivity contribution in [1.82, 2.24) is 4.72 Å². The number of hydrogen-bond donors (Lipinski definition) is 1. The normalized spacial score (nSPS) is 15.8. The van der Waals surface area contributed by atoms with Crippen molar-refractivity contribution < 1.29 is 13.2 Å². The molecule has 5 nitrogen and oxygen atoms in total. The van der Waals surface area contributed by atoms with Gasteiger partial charge in [0.2, 0.25) is 10.0 Å². The van der Waals surface area contributed by atoms with E-state index in [9.17, 15) is 13.2 Å². The predicted molar refractivity (Wildman–Crippen MR) is 127 cm³/mol. The fourth-order valence-corrected chi connectivity index (χ4v) is 5.10. The van der Waals surface area contributed by atoms with E-state index < -0.39 is 10.0 Å². The number of nitrogens with one attached hydrogen (secondary N) is 1. The van der Waals surface area contributed by atoms with Gasteiger partial charge in [-0.1, -0.05) is 56.3 Å². The molecule has 3 aromatic rings. The highest BCUT2D eigenvalue weighted by Gasteiger charge is 2.31. The monoisotopic (exact) mass is 448 g/mol. The van der Waals surface area contributed by atoms with E-state index in [1.807, 2.05) is 72.5 Å². The zero-order chi connectivity index (χ0) is 22.9. The lowest BCUT2D eigenvalue weighted by molar-refractivity contribution is 0.0981. The van der Waals surface area contributed by atoms with Crippen LogP contribution in [0.3, 0.4) is 0 Å². The number of benzene rings is 3. The number of fused-ring (bicyclic) bond motifs is 1. The molecule has 32 heavy (non-hydrogen) atoms. The van der Waals surface area contributed by atoms with E-state index in [0.29, 0.717) is 11.5 Å². The molecule has 166 valence electrons. The van der Waals surface area contributed by atoms with Gasteiger partial charge in [0.05, 0.1) is 4.90 Å². The van der Waals surface area contributed by atoms with Gasteiger partial charge in [-0.3, -0.25) is 4.79 Å². The summed E-state index contributed by atoms with van der Waals surface area (Å²) in [6.07, 6.45) is 0.780. The Hall–Kier alpha value is -2.96. The van der Waals surface area contributed by atoms with Crippen LogP contribution in [0.5, 0.6) is 0 Å². The lowest BCUT2D eigenvalue weighted by Crippen LogP contribution is -2.35. The summed E-state index contributed by atoms with van der Waals surface area (Å²) in [6, 6.07) is 22.1. The van der Waals surface area contributed by atoms with E-state index in [-0.39, 0.29) is 23.4 Å². The third-order valence-corrected chi connectivity index (χ3v) is 7.35. The van der Waals surface area contributed by atoms with E-state index in [2.05, 4.69) is 18.6 Å². The van der Waals surface area contributed by atoms with Crippen molar-refractivity contribution in [2.75, 3.05) is 4.90 Å². The van der Waals surface area contributed by atoms with Crippen LogP contribution in [-0.4, -0.2) is 20.4 Å². The molecule has 0 unspecified atom stereocenters. The van der Waals surface area contributed by atoms with Crippen LogP contribution < -0.4 is 9.62 Å². The van der Waals surface area contributed by atoms with Crippen LogP contribution in [0.15, 0.2) is 77.7 Å². The first-order chi connectivity index (χ1) is 15.3. The Labute approximate surface area is 190 Å². The highest BCUT2D eigenvalue weighted by Crippen LogP contribution is 2.34. The first kappa shape index (κ1) is 22.2. The lowest BCUT2D eigenvalue weighted by atomic mass is 10.0. The zero-order valence-electron chi connectivity index (χ0n) is 18.6. The molecule has 1 aliphatic rings. The van der Waals surface area contributed by atoms with Crippen molar-refractivity contribution >= 4 is 21.6 Å². The van der Waals surface area contributed by atoms with Crippen molar-refractivity contribution in [2.45, 2.75) is 50.6 Å². The molecular formula is C26H28N2O3S. The summed E-state index contributed by atoms with van der Waals surface area (Å²) in [6.45, 7) is 6.33.